The molecule has 1 nitrogen and oxygen atoms in total. The first kappa shape index (κ1) is 20.0. The Kier molecular flexibility index (Phi) is 19.0. The van der Waals surface area contributed by atoms with Crippen molar-refractivity contribution < 1.29 is 0 Å². The Balaban J connectivity index is 3.01. The van der Waals surface area contributed by atoms with Gasteiger partial charge >= 0.3 is 0 Å². The van der Waals surface area contributed by atoms with Gasteiger partial charge in [-0.15, -0.1) is 11.6 Å². The molecule has 0 unspecified atom stereocenters. The highest BCUT2D eigenvalue weighted by atomic mass is 35.5. The van der Waals surface area contributed by atoms with E-state index in [9.17, 15) is 0 Å². The summed E-state index contributed by atoms with van der Waals surface area (Å²) in [5.41, 5.74) is 5.47. The van der Waals surface area contributed by atoms with Crippen LogP contribution in [0.1, 0.15) is 89.9 Å². The fourth-order valence-electron chi connectivity index (χ4n) is 2.41. The summed E-state index contributed by atoms with van der Waals surface area (Å²) in [5, 5.41) is 0. The SMILES string of the molecule is NCCCCCCCCC=CCCCCCCCCCl. The van der Waals surface area contributed by atoms with Crippen LogP contribution in [0, 0.1) is 0 Å². The Bertz CT molecular complexity index is 172. The fourth-order valence-corrected chi connectivity index (χ4v) is 2.60. The average Bonchev–Trinajstić information content (AvgIpc) is 2.47. The second kappa shape index (κ2) is 19.0. The van der Waals surface area contributed by atoms with E-state index in [2.05, 4.69) is 12.2 Å². The van der Waals surface area contributed by atoms with Crippen molar-refractivity contribution in [2.75, 3.05) is 12.4 Å². The minimum absolute atomic E-state index is 0.829. The molecule has 2 heteroatoms. The third-order valence-electron chi connectivity index (χ3n) is 3.75. The standard InChI is InChI=1S/C18H36ClN/c19-17-15-13-11-9-7-5-3-1-2-4-6-8-10-12-14-16-18-20/h1-2H,3-18,20H2. The highest BCUT2D eigenvalue weighted by Crippen LogP contribution is 2.09. The van der Waals surface area contributed by atoms with Gasteiger partial charge in [0.05, 0.1) is 0 Å². The van der Waals surface area contributed by atoms with Gasteiger partial charge in [-0.25, -0.2) is 0 Å². The summed E-state index contributed by atoms with van der Waals surface area (Å²) in [6.07, 6.45) is 23.3. The molecule has 20 heavy (non-hydrogen) atoms. The van der Waals surface area contributed by atoms with Crippen LogP contribution in [0.5, 0.6) is 0 Å². The molecule has 0 saturated carbocycles. The number of hydrogen-bond acceptors (Lipinski definition) is 1. The maximum Gasteiger partial charge on any atom is 0.0223 e. The monoisotopic (exact) mass is 301 g/mol. The Morgan fingerprint density at radius 2 is 0.950 bits per heavy atom. The topological polar surface area (TPSA) is 26.0 Å². The summed E-state index contributed by atoms with van der Waals surface area (Å²) in [6.45, 7) is 0.857. The Morgan fingerprint density at radius 3 is 1.40 bits per heavy atom. The van der Waals surface area contributed by atoms with Crippen LogP contribution in [0.2, 0.25) is 0 Å². The molecular weight excluding hydrogens is 266 g/mol. The van der Waals surface area contributed by atoms with E-state index in [0.29, 0.717) is 0 Å². The molecule has 0 radical (unpaired) electrons. The lowest BCUT2D eigenvalue weighted by Crippen LogP contribution is -1.97. The van der Waals surface area contributed by atoms with E-state index in [0.717, 1.165) is 12.4 Å². The molecule has 0 heterocycles. The first-order valence-electron chi connectivity index (χ1n) is 8.83. The van der Waals surface area contributed by atoms with Crippen LogP contribution < -0.4 is 5.73 Å². The summed E-state index contributed by atoms with van der Waals surface area (Å²) >= 11 is 5.65. The molecule has 0 aliphatic rings. The molecule has 0 saturated heterocycles. The molecule has 0 aromatic heterocycles. The van der Waals surface area contributed by atoms with E-state index < -0.39 is 0 Å². The van der Waals surface area contributed by atoms with Crippen LogP contribution >= 0.6 is 11.6 Å². The van der Waals surface area contributed by atoms with Gasteiger partial charge in [-0.3, -0.25) is 0 Å². The van der Waals surface area contributed by atoms with Gasteiger partial charge in [0.1, 0.15) is 0 Å². The normalized spacial score (nSPS) is 11.5. The van der Waals surface area contributed by atoms with Gasteiger partial charge in [0.2, 0.25) is 0 Å². The number of nitrogens with two attached hydrogens (primary N) is 1. The lowest BCUT2D eigenvalue weighted by molar-refractivity contribution is 0.599. The summed E-state index contributed by atoms with van der Waals surface area (Å²) in [7, 11) is 0. The molecule has 0 spiro atoms. The van der Waals surface area contributed by atoms with Crippen molar-refractivity contribution in [3.05, 3.63) is 12.2 Å². The van der Waals surface area contributed by atoms with E-state index in [1.807, 2.05) is 0 Å². The fraction of sp³-hybridized carbons (Fsp3) is 0.889. The first-order valence-corrected chi connectivity index (χ1v) is 9.36. The highest BCUT2D eigenvalue weighted by molar-refractivity contribution is 6.17. The minimum atomic E-state index is 0.829. The minimum Gasteiger partial charge on any atom is -0.330 e. The Labute approximate surface area is 132 Å². The van der Waals surface area contributed by atoms with Crippen LogP contribution in [-0.4, -0.2) is 12.4 Å². The third-order valence-corrected chi connectivity index (χ3v) is 4.01. The van der Waals surface area contributed by atoms with E-state index >= 15 is 0 Å². The van der Waals surface area contributed by atoms with Gasteiger partial charge in [0.15, 0.2) is 0 Å². The number of allylic oxidation sites excluding steroid dienone is 2. The van der Waals surface area contributed by atoms with Gasteiger partial charge in [-0.05, 0) is 45.1 Å². The predicted molar refractivity (Wildman–Crippen MR) is 93.6 cm³/mol. The van der Waals surface area contributed by atoms with Crippen molar-refractivity contribution in [2.45, 2.75) is 89.9 Å². The number of alkyl halides is 1. The number of unbranched alkanes of at least 4 members (excludes halogenated alkanes) is 12. The first-order chi connectivity index (χ1) is 9.91. The maximum absolute atomic E-state index is 5.65. The quantitative estimate of drug-likeness (QED) is 0.205. The maximum atomic E-state index is 5.65. The van der Waals surface area contributed by atoms with Gasteiger partial charge in [-0.1, -0.05) is 63.5 Å². The van der Waals surface area contributed by atoms with Crippen molar-refractivity contribution in [1.29, 1.82) is 0 Å². The lowest BCUT2D eigenvalue weighted by atomic mass is 10.1. The molecule has 0 aromatic rings. The van der Waals surface area contributed by atoms with Crippen molar-refractivity contribution in [3.8, 4) is 0 Å². The Morgan fingerprint density at radius 1 is 0.550 bits per heavy atom. The smallest absolute Gasteiger partial charge is 0.0223 e. The lowest BCUT2D eigenvalue weighted by Gasteiger charge is -1.99. The largest absolute Gasteiger partial charge is 0.330 e. The molecule has 120 valence electrons. The van der Waals surface area contributed by atoms with Gasteiger partial charge in [0.25, 0.3) is 0 Å². The number of rotatable bonds is 16. The van der Waals surface area contributed by atoms with Gasteiger partial charge in [0, 0.05) is 5.88 Å². The predicted octanol–water partition coefficient (Wildman–Crippen LogP) is 6.20. The summed E-state index contributed by atoms with van der Waals surface area (Å²) < 4.78 is 0. The zero-order chi connectivity index (χ0) is 14.7. The highest BCUT2D eigenvalue weighted by Gasteiger charge is 1.91. The van der Waals surface area contributed by atoms with Crippen LogP contribution in [0.15, 0.2) is 12.2 Å². The van der Waals surface area contributed by atoms with Crippen molar-refractivity contribution in [3.63, 3.8) is 0 Å². The van der Waals surface area contributed by atoms with Crippen LogP contribution in [0.4, 0.5) is 0 Å². The Hall–Kier alpha value is -0.0100. The summed E-state index contributed by atoms with van der Waals surface area (Å²) in [4.78, 5) is 0. The van der Waals surface area contributed by atoms with Crippen LogP contribution in [-0.2, 0) is 0 Å². The second-order valence-corrected chi connectivity index (χ2v) is 6.15. The molecular formula is C18H36ClN. The molecule has 0 rings (SSSR count). The molecule has 0 atom stereocenters. The molecule has 0 amide bonds. The number of halogens is 1. The molecule has 0 aliphatic heterocycles. The summed E-state index contributed by atoms with van der Waals surface area (Å²) in [5.74, 6) is 0.829. The van der Waals surface area contributed by atoms with Crippen LogP contribution in [0.25, 0.3) is 0 Å². The molecule has 0 aliphatic carbocycles. The van der Waals surface area contributed by atoms with Crippen LogP contribution in [0.3, 0.4) is 0 Å². The summed E-state index contributed by atoms with van der Waals surface area (Å²) in [6, 6.07) is 0. The average molecular weight is 302 g/mol. The third kappa shape index (κ3) is 18.0. The van der Waals surface area contributed by atoms with E-state index in [1.54, 1.807) is 0 Å². The molecule has 0 fully saturated rings. The zero-order valence-corrected chi connectivity index (χ0v) is 14.2. The van der Waals surface area contributed by atoms with Gasteiger partial charge in [-0.2, -0.15) is 0 Å². The zero-order valence-electron chi connectivity index (χ0n) is 13.4. The van der Waals surface area contributed by atoms with E-state index in [4.69, 9.17) is 17.3 Å². The second-order valence-electron chi connectivity index (χ2n) is 5.77. The molecule has 0 aromatic carbocycles. The van der Waals surface area contributed by atoms with Crippen molar-refractivity contribution in [2.24, 2.45) is 5.73 Å². The molecule has 2 N–H and O–H groups in total. The van der Waals surface area contributed by atoms with Gasteiger partial charge < -0.3 is 5.73 Å². The van der Waals surface area contributed by atoms with Crippen molar-refractivity contribution in [1.82, 2.24) is 0 Å². The van der Waals surface area contributed by atoms with E-state index in [1.165, 1.54) is 89.9 Å². The van der Waals surface area contributed by atoms with Crippen molar-refractivity contribution >= 4 is 11.6 Å². The van der Waals surface area contributed by atoms with E-state index in [-0.39, 0.29) is 0 Å². The number of hydrogen-bond donors (Lipinski definition) is 1. The molecule has 0 bridgehead atoms.